The monoisotopic (exact) mass is 416 g/mol. The highest BCUT2D eigenvalue weighted by molar-refractivity contribution is 6.07. The van der Waals surface area contributed by atoms with Crippen molar-refractivity contribution in [2.75, 3.05) is 19.4 Å². The Hall–Kier alpha value is -3.87. The molecule has 0 saturated carbocycles. The van der Waals surface area contributed by atoms with Crippen molar-refractivity contribution in [2.24, 2.45) is 0 Å². The number of aromatic nitrogens is 2. The predicted octanol–water partition coefficient (Wildman–Crippen LogP) is 4.11. The van der Waals surface area contributed by atoms with Crippen LogP contribution in [0, 0.1) is 13.8 Å². The van der Waals surface area contributed by atoms with E-state index >= 15 is 0 Å². The molecule has 2 aromatic carbocycles. The first-order valence-corrected chi connectivity index (χ1v) is 9.99. The zero-order valence-electron chi connectivity index (χ0n) is 17.9. The largest absolute Gasteiger partial charge is 0.380 e. The van der Waals surface area contributed by atoms with Gasteiger partial charge in [0.2, 0.25) is 5.56 Å². The number of hydrogen-bond donors (Lipinski definition) is 2. The molecule has 2 heterocycles. The molecule has 0 aliphatic rings. The number of rotatable bonds is 5. The predicted molar refractivity (Wildman–Crippen MR) is 121 cm³/mol. The van der Waals surface area contributed by atoms with Gasteiger partial charge in [-0.05, 0) is 31.5 Å². The molecule has 4 rings (SSSR count). The van der Waals surface area contributed by atoms with E-state index in [1.807, 2.05) is 50.2 Å². The summed E-state index contributed by atoms with van der Waals surface area (Å²) in [5.74, 6) is 0.466. The number of hydrogen-bond acceptors (Lipinski definition) is 5. The van der Waals surface area contributed by atoms with Gasteiger partial charge in [-0.15, -0.1) is 0 Å². The Morgan fingerprint density at radius 2 is 1.87 bits per heavy atom. The Morgan fingerprint density at radius 3 is 2.52 bits per heavy atom. The van der Waals surface area contributed by atoms with Crippen LogP contribution in [0.2, 0.25) is 0 Å². The highest BCUT2D eigenvalue weighted by Crippen LogP contribution is 2.35. The molecular formula is C24H24N4O3. The zero-order chi connectivity index (χ0) is 22.1. The van der Waals surface area contributed by atoms with Gasteiger partial charge in [-0.1, -0.05) is 35.5 Å². The van der Waals surface area contributed by atoms with E-state index in [4.69, 9.17) is 4.52 Å². The molecule has 0 atom stereocenters. The number of amides is 1. The third kappa shape index (κ3) is 3.94. The number of carbonyl (C=O) groups is 1. The minimum atomic E-state index is -0.239. The van der Waals surface area contributed by atoms with Crippen LogP contribution in [-0.4, -0.2) is 35.0 Å². The average Bonchev–Trinajstić information content (AvgIpc) is 3.09. The number of H-pyrrole nitrogens is 1. The zero-order valence-corrected chi connectivity index (χ0v) is 17.9. The van der Waals surface area contributed by atoms with Crippen molar-refractivity contribution in [3.63, 3.8) is 0 Å². The smallest absolute Gasteiger partial charge is 0.254 e. The molecule has 0 saturated heterocycles. The number of aromatic amines is 1. The molecule has 158 valence electrons. The number of nitrogens with zero attached hydrogens (tertiary/aromatic N) is 2. The van der Waals surface area contributed by atoms with E-state index in [0.29, 0.717) is 34.8 Å². The van der Waals surface area contributed by atoms with Crippen LogP contribution in [0.5, 0.6) is 0 Å². The fraction of sp³-hybridized carbons (Fsp3) is 0.208. The molecule has 7 heteroatoms. The first-order chi connectivity index (χ1) is 14.8. The summed E-state index contributed by atoms with van der Waals surface area (Å²) in [5, 5.41) is 8.23. The molecule has 31 heavy (non-hydrogen) atoms. The summed E-state index contributed by atoms with van der Waals surface area (Å²) in [6.45, 7) is 4.24. The normalized spacial score (nSPS) is 11.0. The minimum absolute atomic E-state index is 0.166. The van der Waals surface area contributed by atoms with Crippen molar-refractivity contribution in [3.05, 3.63) is 81.5 Å². The van der Waals surface area contributed by atoms with E-state index in [1.165, 1.54) is 11.0 Å². The summed E-state index contributed by atoms with van der Waals surface area (Å²) in [5.41, 5.74) is 4.82. The van der Waals surface area contributed by atoms with Gasteiger partial charge < -0.3 is 19.7 Å². The van der Waals surface area contributed by atoms with Gasteiger partial charge in [0.25, 0.3) is 5.91 Å². The Kier molecular flexibility index (Phi) is 5.33. The first-order valence-electron chi connectivity index (χ1n) is 9.99. The van der Waals surface area contributed by atoms with Crippen LogP contribution in [0.3, 0.4) is 0 Å². The molecule has 0 aliphatic carbocycles. The van der Waals surface area contributed by atoms with Crippen LogP contribution in [0.15, 0.2) is 57.8 Å². The fourth-order valence-electron chi connectivity index (χ4n) is 3.74. The van der Waals surface area contributed by atoms with Gasteiger partial charge in [0.1, 0.15) is 5.76 Å². The molecule has 1 amide bonds. The summed E-state index contributed by atoms with van der Waals surface area (Å²) in [7, 11) is 3.40. The quantitative estimate of drug-likeness (QED) is 0.511. The van der Waals surface area contributed by atoms with E-state index in [0.717, 1.165) is 22.1 Å². The molecule has 0 bridgehead atoms. The lowest BCUT2D eigenvalue weighted by Crippen LogP contribution is -2.22. The molecule has 4 aromatic rings. The number of fused-ring (bicyclic) bond motifs is 1. The van der Waals surface area contributed by atoms with Crippen molar-refractivity contribution < 1.29 is 9.32 Å². The van der Waals surface area contributed by atoms with Crippen molar-refractivity contribution in [1.82, 2.24) is 15.0 Å². The van der Waals surface area contributed by atoms with Gasteiger partial charge in [0.05, 0.1) is 11.2 Å². The molecular weight excluding hydrogens is 392 g/mol. The van der Waals surface area contributed by atoms with Crippen molar-refractivity contribution >= 4 is 22.5 Å². The molecule has 0 aliphatic heterocycles. The van der Waals surface area contributed by atoms with Gasteiger partial charge >= 0.3 is 0 Å². The Balaban J connectivity index is 1.92. The maximum atomic E-state index is 13.0. The Morgan fingerprint density at radius 1 is 1.13 bits per heavy atom. The molecule has 0 radical (unpaired) electrons. The van der Waals surface area contributed by atoms with E-state index in [-0.39, 0.29) is 11.5 Å². The minimum Gasteiger partial charge on any atom is -0.380 e. The third-order valence-corrected chi connectivity index (χ3v) is 5.25. The maximum absolute atomic E-state index is 13.0. The second kappa shape index (κ2) is 8.10. The topological polar surface area (TPSA) is 91.2 Å². The first kappa shape index (κ1) is 20.4. The van der Waals surface area contributed by atoms with Gasteiger partial charge in [0, 0.05) is 54.5 Å². The van der Waals surface area contributed by atoms with E-state index in [2.05, 4.69) is 15.5 Å². The molecule has 0 unspecified atom stereocenters. The van der Waals surface area contributed by atoms with Gasteiger partial charge in [0.15, 0.2) is 0 Å². The molecule has 0 spiro atoms. The van der Waals surface area contributed by atoms with Crippen LogP contribution in [0.1, 0.15) is 27.4 Å². The third-order valence-electron chi connectivity index (χ3n) is 5.25. The van der Waals surface area contributed by atoms with Gasteiger partial charge in [-0.25, -0.2) is 0 Å². The lowest BCUT2D eigenvalue weighted by Gasteiger charge is -2.17. The van der Waals surface area contributed by atoms with Crippen LogP contribution in [-0.2, 0) is 6.54 Å². The van der Waals surface area contributed by atoms with Crippen LogP contribution < -0.4 is 10.9 Å². The summed E-state index contributed by atoms with van der Waals surface area (Å²) < 4.78 is 5.36. The van der Waals surface area contributed by atoms with Crippen molar-refractivity contribution in [1.29, 1.82) is 0 Å². The van der Waals surface area contributed by atoms with Crippen molar-refractivity contribution in [3.8, 4) is 11.1 Å². The highest BCUT2D eigenvalue weighted by atomic mass is 16.5. The van der Waals surface area contributed by atoms with Gasteiger partial charge in [-0.3, -0.25) is 9.59 Å². The summed E-state index contributed by atoms with van der Waals surface area (Å²) in [6, 6.07) is 15.1. The van der Waals surface area contributed by atoms with Crippen molar-refractivity contribution in [2.45, 2.75) is 20.4 Å². The number of pyridine rings is 1. The summed E-state index contributed by atoms with van der Waals surface area (Å²) in [4.78, 5) is 29.7. The standard InChI is InChI=1S/C24H24N4O3/c1-14-23(15(2)31-27-14)17-10-19-20(25-13-16-8-6-5-7-9-16)12-22(29)26-21(19)11-18(17)24(30)28(3)4/h5-12H,13H2,1-4H3,(H2,25,26,29). The van der Waals surface area contributed by atoms with Crippen LogP contribution in [0.25, 0.3) is 22.0 Å². The molecule has 7 nitrogen and oxygen atoms in total. The lowest BCUT2D eigenvalue weighted by atomic mass is 9.94. The van der Waals surface area contributed by atoms with Crippen LogP contribution in [0.4, 0.5) is 5.69 Å². The molecule has 2 aromatic heterocycles. The maximum Gasteiger partial charge on any atom is 0.254 e. The summed E-state index contributed by atoms with van der Waals surface area (Å²) >= 11 is 0. The number of benzene rings is 2. The number of anilines is 1. The number of aryl methyl sites for hydroxylation is 2. The Bertz CT molecular complexity index is 1300. The van der Waals surface area contributed by atoms with E-state index in [1.54, 1.807) is 20.2 Å². The lowest BCUT2D eigenvalue weighted by molar-refractivity contribution is 0.0828. The second-order valence-electron chi connectivity index (χ2n) is 7.73. The molecule has 2 N–H and O–H groups in total. The number of carbonyl (C=O) groups excluding carboxylic acids is 1. The second-order valence-corrected chi connectivity index (χ2v) is 7.73. The SMILES string of the molecule is Cc1noc(C)c1-c1cc2c(NCc3ccccc3)cc(=O)[nH]c2cc1C(=O)N(C)C. The number of nitrogens with one attached hydrogen (secondary N) is 2. The fourth-order valence-corrected chi connectivity index (χ4v) is 3.74. The average molecular weight is 416 g/mol. The van der Waals surface area contributed by atoms with E-state index in [9.17, 15) is 9.59 Å². The summed E-state index contributed by atoms with van der Waals surface area (Å²) in [6.07, 6.45) is 0. The highest BCUT2D eigenvalue weighted by Gasteiger charge is 2.22. The van der Waals surface area contributed by atoms with Gasteiger partial charge in [-0.2, -0.15) is 0 Å². The molecule has 0 fully saturated rings. The van der Waals surface area contributed by atoms with Crippen LogP contribution >= 0.6 is 0 Å². The van der Waals surface area contributed by atoms with E-state index < -0.39 is 0 Å². The Labute approximate surface area is 179 Å².